The van der Waals surface area contributed by atoms with Crippen LogP contribution in [0.2, 0.25) is 0 Å². The molecule has 9 heteroatoms. The number of hydrogen-bond acceptors (Lipinski definition) is 6. The van der Waals surface area contributed by atoms with Crippen molar-refractivity contribution in [3.8, 4) is 11.5 Å². The van der Waals surface area contributed by atoms with Crippen LogP contribution in [0, 0.1) is 0 Å². The molecule has 9 nitrogen and oxygen atoms in total. The molecule has 0 radical (unpaired) electrons. The molecular weight excluding hydrogens is 460 g/mol. The summed E-state index contributed by atoms with van der Waals surface area (Å²) in [6, 6.07) is 13.0. The lowest BCUT2D eigenvalue weighted by atomic mass is 10.1. The number of carbonyl (C=O) groups excluding carboxylic acids is 3. The van der Waals surface area contributed by atoms with Crippen molar-refractivity contribution in [3.63, 3.8) is 0 Å². The third-order valence-corrected chi connectivity index (χ3v) is 7.14. The Morgan fingerprint density at radius 2 is 1.69 bits per heavy atom. The Hall–Kier alpha value is -3.75. The van der Waals surface area contributed by atoms with Crippen LogP contribution in [0.3, 0.4) is 0 Å². The van der Waals surface area contributed by atoms with Gasteiger partial charge < -0.3 is 24.2 Å². The minimum Gasteiger partial charge on any atom is -0.497 e. The summed E-state index contributed by atoms with van der Waals surface area (Å²) in [5, 5.41) is 0. The Labute approximate surface area is 211 Å². The Morgan fingerprint density at radius 1 is 0.917 bits per heavy atom. The first-order chi connectivity index (χ1) is 17.5. The molecule has 0 unspecified atom stereocenters. The fourth-order valence-corrected chi connectivity index (χ4v) is 5.04. The number of likely N-dealkylation sites (tertiary alicyclic amines) is 1. The molecule has 0 atom stereocenters. The third-order valence-electron chi connectivity index (χ3n) is 7.14. The lowest BCUT2D eigenvalue weighted by molar-refractivity contribution is -0.132. The molecule has 3 heterocycles. The lowest BCUT2D eigenvalue weighted by Gasteiger charge is -2.37. The van der Waals surface area contributed by atoms with Crippen molar-refractivity contribution < 1.29 is 23.9 Å². The standard InChI is InChI=1S/C27H32N4O5/c1-35-22-7-5-6-21(17-22)28-12-14-29(15-13-28)25(32)18-31-23-16-20(8-9-24(23)36-19-26(31)33)27(34)30-10-3-2-4-11-30/h5-9,16-17H,2-4,10-15,18-19H2,1H3. The van der Waals surface area contributed by atoms with E-state index in [1.807, 2.05) is 29.2 Å². The Morgan fingerprint density at radius 3 is 2.44 bits per heavy atom. The summed E-state index contributed by atoms with van der Waals surface area (Å²) in [7, 11) is 1.65. The number of methoxy groups -OCH3 is 1. The van der Waals surface area contributed by atoms with E-state index in [-0.39, 0.29) is 30.9 Å². The summed E-state index contributed by atoms with van der Waals surface area (Å²) in [4.78, 5) is 46.3. The third kappa shape index (κ3) is 4.96. The molecule has 2 saturated heterocycles. The number of amides is 3. The largest absolute Gasteiger partial charge is 0.497 e. The molecule has 0 saturated carbocycles. The van der Waals surface area contributed by atoms with Crippen molar-refractivity contribution in [1.82, 2.24) is 9.80 Å². The predicted molar refractivity (Wildman–Crippen MR) is 136 cm³/mol. The Bertz CT molecular complexity index is 1140. The lowest BCUT2D eigenvalue weighted by Crippen LogP contribution is -2.53. The molecule has 0 aromatic heterocycles. The monoisotopic (exact) mass is 492 g/mol. The number of anilines is 2. The summed E-state index contributed by atoms with van der Waals surface area (Å²) in [6.07, 6.45) is 3.15. The minimum atomic E-state index is -0.284. The number of nitrogens with zero attached hydrogens (tertiary/aromatic N) is 4. The second-order valence-corrected chi connectivity index (χ2v) is 9.37. The predicted octanol–water partition coefficient (Wildman–Crippen LogP) is 2.40. The van der Waals surface area contributed by atoms with Crippen LogP contribution in [0.25, 0.3) is 0 Å². The van der Waals surface area contributed by atoms with Crippen molar-refractivity contribution in [2.75, 3.05) is 69.3 Å². The first-order valence-electron chi connectivity index (χ1n) is 12.6. The number of ether oxygens (including phenoxy) is 2. The molecule has 3 amide bonds. The van der Waals surface area contributed by atoms with Gasteiger partial charge in [-0.05, 0) is 49.6 Å². The normalized spacial score (nSPS) is 18.0. The van der Waals surface area contributed by atoms with Crippen molar-refractivity contribution in [1.29, 1.82) is 0 Å². The van der Waals surface area contributed by atoms with Gasteiger partial charge in [0.15, 0.2) is 6.61 Å². The number of hydrogen-bond donors (Lipinski definition) is 0. The maximum atomic E-state index is 13.2. The number of piperazine rings is 1. The summed E-state index contributed by atoms with van der Waals surface area (Å²) < 4.78 is 10.9. The fourth-order valence-electron chi connectivity index (χ4n) is 5.04. The van der Waals surface area contributed by atoms with E-state index in [1.54, 1.807) is 30.2 Å². The van der Waals surface area contributed by atoms with Gasteiger partial charge in [-0.2, -0.15) is 0 Å². The number of fused-ring (bicyclic) bond motifs is 1. The summed E-state index contributed by atoms with van der Waals surface area (Å²) in [6.45, 7) is 3.81. The maximum Gasteiger partial charge on any atom is 0.265 e. The van der Waals surface area contributed by atoms with Crippen LogP contribution < -0.4 is 19.3 Å². The van der Waals surface area contributed by atoms with Crippen molar-refractivity contribution in [2.45, 2.75) is 19.3 Å². The van der Waals surface area contributed by atoms with Gasteiger partial charge in [0.2, 0.25) is 5.91 Å². The van der Waals surface area contributed by atoms with Gasteiger partial charge in [0.05, 0.1) is 12.8 Å². The molecule has 36 heavy (non-hydrogen) atoms. The van der Waals surface area contributed by atoms with Gasteiger partial charge in [-0.3, -0.25) is 19.3 Å². The molecule has 2 aromatic carbocycles. The van der Waals surface area contributed by atoms with E-state index in [9.17, 15) is 14.4 Å². The van der Waals surface area contributed by atoms with Gasteiger partial charge in [0, 0.05) is 56.6 Å². The summed E-state index contributed by atoms with van der Waals surface area (Å²) >= 11 is 0. The Kier molecular flexibility index (Phi) is 6.97. The molecule has 3 aliphatic heterocycles. The molecule has 3 aliphatic rings. The highest BCUT2D eigenvalue weighted by Gasteiger charge is 2.31. The number of carbonyl (C=O) groups is 3. The number of rotatable bonds is 5. The zero-order valence-electron chi connectivity index (χ0n) is 20.6. The smallest absolute Gasteiger partial charge is 0.265 e. The van der Waals surface area contributed by atoms with E-state index in [4.69, 9.17) is 9.47 Å². The second-order valence-electron chi connectivity index (χ2n) is 9.37. The van der Waals surface area contributed by atoms with Gasteiger partial charge in [-0.1, -0.05) is 6.07 Å². The van der Waals surface area contributed by atoms with Crippen LogP contribution in [0.4, 0.5) is 11.4 Å². The van der Waals surface area contributed by atoms with Crippen LogP contribution in [0.5, 0.6) is 11.5 Å². The number of benzene rings is 2. The van der Waals surface area contributed by atoms with Crippen LogP contribution in [0.15, 0.2) is 42.5 Å². The average Bonchev–Trinajstić information content (AvgIpc) is 2.94. The topological polar surface area (TPSA) is 82.6 Å². The number of piperidine rings is 1. The van der Waals surface area contributed by atoms with E-state index in [0.29, 0.717) is 43.2 Å². The van der Waals surface area contributed by atoms with Crippen molar-refractivity contribution in [3.05, 3.63) is 48.0 Å². The molecule has 2 fully saturated rings. The van der Waals surface area contributed by atoms with Crippen LogP contribution in [-0.2, 0) is 9.59 Å². The Balaban J connectivity index is 1.26. The van der Waals surface area contributed by atoms with Gasteiger partial charge in [0.1, 0.15) is 18.0 Å². The zero-order valence-corrected chi connectivity index (χ0v) is 20.6. The maximum absolute atomic E-state index is 13.2. The zero-order chi connectivity index (χ0) is 25.1. The van der Waals surface area contributed by atoms with E-state index in [0.717, 1.165) is 43.8 Å². The molecular formula is C27H32N4O5. The minimum absolute atomic E-state index is 0.0459. The molecule has 0 aliphatic carbocycles. The quantitative estimate of drug-likeness (QED) is 0.638. The molecule has 0 N–H and O–H groups in total. The SMILES string of the molecule is COc1cccc(N2CCN(C(=O)CN3C(=O)COc4ccc(C(=O)N5CCCCC5)cc43)CC2)c1. The highest BCUT2D eigenvalue weighted by molar-refractivity contribution is 6.04. The van der Waals surface area contributed by atoms with Crippen LogP contribution in [-0.4, -0.2) is 87.1 Å². The molecule has 2 aromatic rings. The highest BCUT2D eigenvalue weighted by Crippen LogP contribution is 2.34. The van der Waals surface area contributed by atoms with Gasteiger partial charge in [-0.15, -0.1) is 0 Å². The first kappa shape index (κ1) is 24.0. The van der Waals surface area contributed by atoms with Crippen LogP contribution >= 0.6 is 0 Å². The van der Waals surface area contributed by atoms with Crippen molar-refractivity contribution in [2.24, 2.45) is 0 Å². The fraction of sp³-hybridized carbons (Fsp3) is 0.444. The molecule has 190 valence electrons. The second kappa shape index (κ2) is 10.5. The van der Waals surface area contributed by atoms with E-state index >= 15 is 0 Å². The molecule has 0 spiro atoms. The highest BCUT2D eigenvalue weighted by atomic mass is 16.5. The summed E-state index contributed by atoms with van der Waals surface area (Å²) in [5.74, 6) is 0.868. The summed E-state index contributed by atoms with van der Waals surface area (Å²) in [5.41, 5.74) is 2.06. The van der Waals surface area contributed by atoms with E-state index in [2.05, 4.69) is 4.90 Å². The molecule has 5 rings (SSSR count). The van der Waals surface area contributed by atoms with E-state index < -0.39 is 0 Å². The average molecular weight is 493 g/mol. The first-order valence-corrected chi connectivity index (χ1v) is 12.6. The van der Waals surface area contributed by atoms with Crippen molar-refractivity contribution >= 4 is 29.1 Å². The van der Waals surface area contributed by atoms with Gasteiger partial charge in [-0.25, -0.2) is 0 Å². The van der Waals surface area contributed by atoms with Gasteiger partial charge >= 0.3 is 0 Å². The molecule has 0 bridgehead atoms. The van der Waals surface area contributed by atoms with Gasteiger partial charge in [0.25, 0.3) is 11.8 Å². The van der Waals surface area contributed by atoms with E-state index in [1.165, 1.54) is 4.90 Å². The van der Waals surface area contributed by atoms with Crippen LogP contribution in [0.1, 0.15) is 29.6 Å².